The summed E-state index contributed by atoms with van der Waals surface area (Å²) >= 11 is 11.6. The molecule has 0 spiro atoms. The Labute approximate surface area is 81.8 Å². The minimum atomic E-state index is 0.513. The Morgan fingerprint density at radius 3 is 2.67 bits per heavy atom. The van der Waals surface area contributed by atoms with Crippen LogP contribution in [0.25, 0.3) is 6.08 Å². The second kappa shape index (κ2) is 4.51. The Kier molecular flexibility index (Phi) is 3.60. The molecule has 0 aliphatic rings. The number of benzene rings is 1. The maximum Gasteiger partial charge on any atom is 0.0493 e. The van der Waals surface area contributed by atoms with Gasteiger partial charge in [0.15, 0.2) is 0 Å². The topological polar surface area (TPSA) is 26.0 Å². The van der Waals surface area contributed by atoms with Crippen LogP contribution in [0.2, 0.25) is 10.0 Å². The Hall–Kier alpha value is -0.500. The monoisotopic (exact) mass is 201 g/mol. The van der Waals surface area contributed by atoms with E-state index in [0.29, 0.717) is 16.6 Å². The summed E-state index contributed by atoms with van der Waals surface area (Å²) in [5.41, 5.74) is 6.24. The van der Waals surface area contributed by atoms with Gasteiger partial charge < -0.3 is 5.73 Å². The van der Waals surface area contributed by atoms with Gasteiger partial charge in [-0.05, 0) is 17.7 Å². The van der Waals surface area contributed by atoms with Crippen LogP contribution < -0.4 is 5.73 Å². The van der Waals surface area contributed by atoms with Crippen molar-refractivity contribution in [2.24, 2.45) is 5.73 Å². The third-order valence-corrected chi connectivity index (χ3v) is 1.96. The van der Waals surface area contributed by atoms with Gasteiger partial charge in [-0.25, -0.2) is 0 Å². The van der Waals surface area contributed by atoms with E-state index >= 15 is 0 Å². The molecule has 0 saturated carbocycles. The van der Waals surface area contributed by atoms with Crippen molar-refractivity contribution in [3.63, 3.8) is 0 Å². The SMILES string of the molecule is NC/C=C/c1ccc(Cl)cc1Cl. The third-order valence-electron chi connectivity index (χ3n) is 1.40. The van der Waals surface area contributed by atoms with Crippen LogP contribution in [0.5, 0.6) is 0 Å². The lowest BCUT2D eigenvalue weighted by Gasteiger charge is -1.97. The summed E-state index contributed by atoms with van der Waals surface area (Å²) < 4.78 is 0. The molecule has 0 unspecified atom stereocenters. The van der Waals surface area contributed by atoms with Crippen LogP contribution in [0.3, 0.4) is 0 Å². The fraction of sp³-hybridized carbons (Fsp3) is 0.111. The van der Waals surface area contributed by atoms with Gasteiger partial charge in [0.1, 0.15) is 0 Å². The van der Waals surface area contributed by atoms with E-state index in [0.717, 1.165) is 5.56 Å². The van der Waals surface area contributed by atoms with Crippen LogP contribution in [-0.2, 0) is 0 Å². The highest BCUT2D eigenvalue weighted by molar-refractivity contribution is 6.35. The van der Waals surface area contributed by atoms with E-state index < -0.39 is 0 Å². The van der Waals surface area contributed by atoms with Crippen molar-refractivity contribution in [1.29, 1.82) is 0 Å². The zero-order chi connectivity index (χ0) is 8.97. The molecule has 0 saturated heterocycles. The fourth-order valence-corrected chi connectivity index (χ4v) is 1.30. The number of hydrogen-bond acceptors (Lipinski definition) is 1. The zero-order valence-electron chi connectivity index (χ0n) is 6.43. The van der Waals surface area contributed by atoms with Crippen LogP contribution in [0.15, 0.2) is 24.3 Å². The minimum Gasteiger partial charge on any atom is -0.327 e. The molecule has 0 radical (unpaired) electrons. The molecule has 0 heterocycles. The largest absolute Gasteiger partial charge is 0.327 e. The van der Waals surface area contributed by atoms with Crippen LogP contribution in [0, 0.1) is 0 Å². The first-order valence-electron chi connectivity index (χ1n) is 3.55. The summed E-state index contributed by atoms with van der Waals surface area (Å²) in [5, 5.41) is 1.29. The number of rotatable bonds is 2. The smallest absolute Gasteiger partial charge is 0.0493 e. The van der Waals surface area contributed by atoms with E-state index in [1.165, 1.54) is 0 Å². The molecule has 0 bridgehead atoms. The lowest BCUT2D eigenvalue weighted by atomic mass is 10.2. The summed E-state index contributed by atoms with van der Waals surface area (Å²) in [6.45, 7) is 0.513. The molecule has 0 aliphatic carbocycles. The van der Waals surface area contributed by atoms with Gasteiger partial charge in [-0.3, -0.25) is 0 Å². The molecule has 3 heteroatoms. The maximum absolute atomic E-state index is 5.89. The fourth-order valence-electron chi connectivity index (χ4n) is 0.832. The van der Waals surface area contributed by atoms with E-state index in [4.69, 9.17) is 28.9 Å². The van der Waals surface area contributed by atoms with Crippen LogP contribution in [0.4, 0.5) is 0 Å². The Morgan fingerprint density at radius 1 is 1.33 bits per heavy atom. The van der Waals surface area contributed by atoms with Gasteiger partial charge in [0.05, 0.1) is 0 Å². The lowest BCUT2D eigenvalue weighted by Crippen LogP contribution is -1.91. The van der Waals surface area contributed by atoms with Gasteiger partial charge in [-0.1, -0.05) is 41.4 Å². The first-order valence-corrected chi connectivity index (χ1v) is 4.31. The highest BCUT2D eigenvalue weighted by atomic mass is 35.5. The molecule has 0 aromatic heterocycles. The molecule has 1 aromatic rings. The molecule has 12 heavy (non-hydrogen) atoms. The van der Waals surface area contributed by atoms with E-state index in [2.05, 4.69) is 0 Å². The summed E-state index contributed by atoms with van der Waals surface area (Å²) in [7, 11) is 0. The first kappa shape index (κ1) is 9.59. The minimum absolute atomic E-state index is 0.513. The second-order valence-electron chi connectivity index (χ2n) is 2.30. The number of nitrogens with two attached hydrogens (primary N) is 1. The van der Waals surface area contributed by atoms with Crippen molar-refractivity contribution in [3.8, 4) is 0 Å². The molecule has 0 aliphatic heterocycles. The summed E-state index contributed by atoms with van der Waals surface area (Å²) in [6.07, 6.45) is 3.72. The van der Waals surface area contributed by atoms with Crippen LogP contribution in [0.1, 0.15) is 5.56 Å². The van der Waals surface area contributed by atoms with Crippen molar-refractivity contribution in [3.05, 3.63) is 39.9 Å². The van der Waals surface area contributed by atoms with E-state index in [-0.39, 0.29) is 0 Å². The van der Waals surface area contributed by atoms with E-state index in [9.17, 15) is 0 Å². The molecule has 1 rings (SSSR count). The number of halogens is 2. The average molecular weight is 202 g/mol. The van der Waals surface area contributed by atoms with Gasteiger partial charge >= 0.3 is 0 Å². The van der Waals surface area contributed by atoms with Gasteiger partial charge in [0.2, 0.25) is 0 Å². The van der Waals surface area contributed by atoms with Crippen molar-refractivity contribution >= 4 is 29.3 Å². The number of hydrogen-bond donors (Lipinski definition) is 1. The molecule has 0 fully saturated rings. The quantitative estimate of drug-likeness (QED) is 0.783. The van der Waals surface area contributed by atoms with Crippen molar-refractivity contribution in [2.75, 3.05) is 6.54 Å². The second-order valence-corrected chi connectivity index (χ2v) is 3.15. The van der Waals surface area contributed by atoms with Crippen LogP contribution in [-0.4, -0.2) is 6.54 Å². The Bertz CT molecular complexity index is 295. The maximum atomic E-state index is 5.89. The Balaban J connectivity index is 2.94. The van der Waals surface area contributed by atoms with Gasteiger partial charge in [-0.2, -0.15) is 0 Å². The molecule has 1 nitrogen and oxygen atoms in total. The standard InChI is InChI=1S/C9H9Cl2N/c10-8-4-3-7(2-1-5-12)9(11)6-8/h1-4,6H,5,12H2/b2-1+. The van der Waals surface area contributed by atoms with Crippen molar-refractivity contribution in [2.45, 2.75) is 0 Å². The van der Waals surface area contributed by atoms with Gasteiger partial charge in [0, 0.05) is 16.6 Å². The van der Waals surface area contributed by atoms with Gasteiger partial charge in [-0.15, -0.1) is 0 Å². The average Bonchev–Trinajstić information content (AvgIpc) is 2.03. The predicted molar refractivity (Wildman–Crippen MR) is 54.6 cm³/mol. The molecule has 0 atom stereocenters. The molecule has 64 valence electrons. The summed E-state index contributed by atoms with van der Waals surface area (Å²) in [5.74, 6) is 0. The third kappa shape index (κ3) is 2.52. The lowest BCUT2D eigenvalue weighted by molar-refractivity contribution is 1.26. The molecular formula is C9H9Cl2N. The molecule has 2 N–H and O–H groups in total. The van der Waals surface area contributed by atoms with Crippen molar-refractivity contribution < 1.29 is 0 Å². The van der Waals surface area contributed by atoms with Gasteiger partial charge in [0.25, 0.3) is 0 Å². The molecule has 0 amide bonds. The first-order chi connectivity index (χ1) is 5.74. The van der Waals surface area contributed by atoms with Crippen LogP contribution >= 0.6 is 23.2 Å². The summed E-state index contributed by atoms with van der Waals surface area (Å²) in [4.78, 5) is 0. The molecule has 1 aromatic carbocycles. The van der Waals surface area contributed by atoms with Crippen molar-refractivity contribution in [1.82, 2.24) is 0 Å². The summed E-state index contributed by atoms with van der Waals surface area (Å²) in [6, 6.07) is 5.36. The normalized spacial score (nSPS) is 10.9. The highest BCUT2D eigenvalue weighted by Gasteiger charge is 1.95. The predicted octanol–water partition coefficient (Wildman–Crippen LogP) is 2.97. The highest BCUT2D eigenvalue weighted by Crippen LogP contribution is 2.21. The zero-order valence-corrected chi connectivity index (χ0v) is 7.94. The van der Waals surface area contributed by atoms with E-state index in [1.807, 2.05) is 18.2 Å². The van der Waals surface area contributed by atoms with E-state index in [1.54, 1.807) is 12.1 Å². The molecular weight excluding hydrogens is 193 g/mol. The Morgan fingerprint density at radius 2 is 2.08 bits per heavy atom.